The maximum absolute atomic E-state index is 11.9. The van der Waals surface area contributed by atoms with E-state index in [9.17, 15) is 4.79 Å². The summed E-state index contributed by atoms with van der Waals surface area (Å²) in [5.74, 6) is 0. The van der Waals surface area contributed by atoms with Gasteiger partial charge in [-0.05, 0) is 19.1 Å². The highest BCUT2D eigenvalue weighted by atomic mass is 16.2. The number of pyridine rings is 1. The quantitative estimate of drug-likeness (QED) is 0.696. The molecule has 0 aliphatic heterocycles. The van der Waals surface area contributed by atoms with Crippen LogP contribution in [0.3, 0.4) is 0 Å². The Kier molecular flexibility index (Phi) is 3.21. The largest absolute Gasteiger partial charge is 0.338 e. The minimum Gasteiger partial charge on any atom is -0.338 e. The molecule has 2 N–H and O–H groups in total. The molecular weight excluding hydrogens is 250 g/mol. The lowest BCUT2D eigenvalue weighted by Crippen LogP contribution is -2.28. The average Bonchev–Trinajstić information content (AvgIpc) is 2.47. The van der Waals surface area contributed by atoms with E-state index in [4.69, 9.17) is 0 Å². The van der Waals surface area contributed by atoms with E-state index in [-0.39, 0.29) is 6.03 Å². The molecule has 4 heteroatoms. The van der Waals surface area contributed by atoms with Crippen molar-refractivity contribution in [2.24, 2.45) is 0 Å². The van der Waals surface area contributed by atoms with E-state index in [1.165, 1.54) is 0 Å². The highest BCUT2D eigenvalue weighted by Crippen LogP contribution is 2.30. The number of hydrogen-bond donors (Lipinski definition) is 2. The summed E-state index contributed by atoms with van der Waals surface area (Å²) in [6.45, 7) is 2.48. The van der Waals surface area contributed by atoms with Gasteiger partial charge in [-0.3, -0.25) is 0 Å². The fourth-order valence-electron chi connectivity index (χ4n) is 2.29. The highest BCUT2D eigenvalue weighted by molar-refractivity contribution is 6.12. The second-order valence-corrected chi connectivity index (χ2v) is 4.51. The smallest absolute Gasteiger partial charge is 0.319 e. The van der Waals surface area contributed by atoms with Crippen LogP contribution in [0.15, 0.2) is 48.5 Å². The Balaban J connectivity index is 2.25. The number of benzene rings is 2. The number of urea groups is 1. The molecule has 20 heavy (non-hydrogen) atoms. The monoisotopic (exact) mass is 265 g/mol. The minimum atomic E-state index is -0.200. The number of rotatable bonds is 2. The molecule has 3 aromatic rings. The minimum absolute atomic E-state index is 0.200. The third kappa shape index (κ3) is 2.16. The van der Waals surface area contributed by atoms with Crippen molar-refractivity contribution in [1.82, 2.24) is 10.3 Å². The molecule has 0 aliphatic carbocycles. The molecule has 0 saturated heterocycles. The summed E-state index contributed by atoms with van der Waals surface area (Å²) in [5.41, 5.74) is 2.55. The van der Waals surface area contributed by atoms with Crippen LogP contribution in [0.1, 0.15) is 6.92 Å². The lowest BCUT2D eigenvalue weighted by molar-refractivity contribution is 0.252. The van der Waals surface area contributed by atoms with Gasteiger partial charge in [0.1, 0.15) is 0 Å². The predicted octanol–water partition coefficient (Wildman–Crippen LogP) is 3.53. The van der Waals surface area contributed by atoms with Crippen molar-refractivity contribution in [3.8, 4) is 0 Å². The maximum atomic E-state index is 11.9. The van der Waals surface area contributed by atoms with Gasteiger partial charge < -0.3 is 10.6 Å². The Morgan fingerprint density at radius 2 is 1.55 bits per heavy atom. The number of anilines is 1. The fourth-order valence-corrected chi connectivity index (χ4v) is 2.29. The Hall–Kier alpha value is -2.62. The summed E-state index contributed by atoms with van der Waals surface area (Å²) in [5, 5.41) is 7.58. The molecule has 2 amide bonds. The second-order valence-electron chi connectivity index (χ2n) is 4.51. The summed E-state index contributed by atoms with van der Waals surface area (Å²) in [4.78, 5) is 16.5. The standard InChI is InChI=1S/C16H15N3O/c1-2-17-16(20)19-15-11-7-3-5-9-13(11)18-14-10-6-4-8-12(14)15/h3-10H,2H2,1H3,(H2,17,18,19,20). The molecule has 0 unspecified atom stereocenters. The zero-order valence-electron chi connectivity index (χ0n) is 11.2. The van der Waals surface area contributed by atoms with Crippen LogP contribution in [0.25, 0.3) is 21.8 Å². The van der Waals surface area contributed by atoms with Crippen LogP contribution in [0.4, 0.5) is 10.5 Å². The fraction of sp³-hybridized carbons (Fsp3) is 0.125. The van der Waals surface area contributed by atoms with Crippen molar-refractivity contribution >= 4 is 33.5 Å². The Bertz CT molecular complexity index is 729. The third-order valence-corrected chi connectivity index (χ3v) is 3.16. The molecule has 1 heterocycles. The first-order chi connectivity index (χ1) is 9.79. The van der Waals surface area contributed by atoms with Gasteiger partial charge in [0.25, 0.3) is 0 Å². The summed E-state index contributed by atoms with van der Waals surface area (Å²) >= 11 is 0. The van der Waals surface area contributed by atoms with Crippen molar-refractivity contribution in [3.05, 3.63) is 48.5 Å². The van der Waals surface area contributed by atoms with Gasteiger partial charge in [-0.1, -0.05) is 36.4 Å². The lowest BCUT2D eigenvalue weighted by Gasteiger charge is -2.12. The predicted molar refractivity (Wildman–Crippen MR) is 81.9 cm³/mol. The molecule has 0 bridgehead atoms. The first kappa shape index (κ1) is 12.4. The van der Waals surface area contributed by atoms with E-state index >= 15 is 0 Å². The normalized spacial score (nSPS) is 10.7. The van der Waals surface area contributed by atoms with Gasteiger partial charge in [0, 0.05) is 17.3 Å². The topological polar surface area (TPSA) is 54.0 Å². The molecule has 100 valence electrons. The number of carbonyl (C=O) groups excluding carboxylic acids is 1. The number of fused-ring (bicyclic) bond motifs is 2. The van der Waals surface area contributed by atoms with Crippen LogP contribution in [-0.2, 0) is 0 Å². The van der Waals surface area contributed by atoms with Gasteiger partial charge in [-0.2, -0.15) is 0 Å². The van der Waals surface area contributed by atoms with Crippen LogP contribution >= 0.6 is 0 Å². The zero-order valence-corrected chi connectivity index (χ0v) is 11.2. The SMILES string of the molecule is CCNC(=O)Nc1c2ccccc2nc2ccccc12. The number of aromatic nitrogens is 1. The van der Waals surface area contributed by atoms with Crippen molar-refractivity contribution in [2.45, 2.75) is 6.92 Å². The van der Waals surface area contributed by atoms with Gasteiger partial charge in [0.15, 0.2) is 0 Å². The highest BCUT2D eigenvalue weighted by Gasteiger charge is 2.10. The van der Waals surface area contributed by atoms with Crippen molar-refractivity contribution in [3.63, 3.8) is 0 Å². The summed E-state index contributed by atoms with van der Waals surface area (Å²) in [7, 11) is 0. The number of amides is 2. The van der Waals surface area contributed by atoms with E-state index < -0.39 is 0 Å². The number of hydrogen-bond acceptors (Lipinski definition) is 2. The number of nitrogens with one attached hydrogen (secondary N) is 2. The van der Waals surface area contributed by atoms with E-state index in [0.717, 1.165) is 27.5 Å². The maximum Gasteiger partial charge on any atom is 0.319 e. The molecule has 0 spiro atoms. The first-order valence-corrected chi connectivity index (χ1v) is 6.62. The summed E-state index contributed by atoms with van der Waals surface area (Å²) in [6.07, 6.45) is 0. The van der Waals surface area contributed by atoms with Gasteiger partial charge in [-0.15, -0.1) is 0 Å². The number of carbonyl (C=O) groups is 1. The molecule has 2 aromatic carbocycles. The van der Waals surface area contributed by atoms with Crippen molar-refractivity contribution < 1.29 is 4.79 Å². The molecular formula is C16H15N3O. The van der Waals surface area contributed by atoms with Crippen LogP contribution in [0.5, 0.6) is 0 Å². The number of nitrogens with zero attached hydrogens (tertiary/aromatic N) is 1. The van der Waals surface area contributed by atoms with E-state index in [1.54, 1.807) is 0 Å². The molecule has 0 saturated carbocycles. The number of para-hydroxylation sites is 2. The molecule has 1 aromatic heterocycles. The molecule has 0 fully saturated rings. The third-order valence-electron chi connectivity index (χ3n) is 3.16. The van der Waals surface area contributed by atoms with Crippen LogP contribution in [0, 0.1) is 0 Å². The molecule has 3 rings (SSSR count). The van der Waals surface area contributed by atoms with Crippen LogP contribution < -0.4 is 10.6 Å². The van der Waals surface area contributed by atoms with Crippen LogP contribution in [0.2, 0.25) is 0 Å². The molecule has 4 nitrogen and oxygen atoms in total. The van der Waals surface area contributed by atoms with Gasteiger partial charge in [0.2, 0.25) is 0 Å². The molecule has 0 aliphatic rings. The van der Waals surface area contributed by atoms with E-state index in [2.05, 4.69) is 15.6 Å². The molecule has 0 radical (unpaired) electrons. The zero-order chi connectivity index (χ0) is 13.9. The Morgan fingerprint density at radius 1 is 1.00 bits per heavy atom. The first-order valence-electron chi connectivity index (χ1n) is 6.62. The van der Waals surface area contributed by atoms with E-state index in [0.29, 0.717) is 6.54 Å². The van der Waals surface area contributed by atoms with Gasteiger partial charge in [0.05, 0.1) is 16.7 Å². The van der Waals surface area contributed by atoms with Crippen molar-refractivity contribution in [1.29, 1.82) is 0 Å². The Morgan fingerprint density at radius 3 is 2.10 bits per heavy atom. The molecule has 0 atom stereocenters. The summed E-state index contributed by atoms with van der Waals surface area (Å²) in [6, 6.07) is 15.4. The lowest BCUT2D eigenvalue weighted by atomic mass is 10.1. The van der Waals surface area contributed by atoms with Gasteiger partial charge in [-0.25, -0.2) is 9.78 Å². The van der Waals surface area contributed by atoms with Gasteiger partial charge >= 0.3 is 6.03 Å². The average molecular weight is 265 g/mol. The van der Waals surface area contributed by atoms with Crippen molar-refractivity contribution in [2.75, 3.05) is 11.9 Å². The second kappa shape index (κ2) is 5.17. The van der Waals surface area contributed by atoms with E-state index in [1.807, 2.05) is 55.5 Å². The Labute approximate surface area is 116 Å². The van der Waals surface area contributed by atoms with Crippen LogP contribution in [-0.4, -0.2) is 17.6 Å². The summed E-state index contributed by atoms with van der Waals surface area (Å²) < 4.78 is 0.